The van der Waals surface area contributed by atoms with Gasteiger partial charge >= 0.3 is 0 Å². The molecule has 0 saturated heterocycles. The van der Waals surface area contributed by atoms with Crippen molar-refractivity contribution in [3.8, 4) is 17.2 Å². The molecule has 198 valence electrons. The fourth-order valence-corrected chi connectivity index (χ4v) is 4.97. The van der Waals surface area contributed by atoms with Crippen molar-refractivity contribution in [2.24, 2.45) is 5.92 Å². The lowest BCUT2D eigenvalue weighted by Gasteiger charge is -2.31. The molecule has 0 radical (unpaired) electrons. The van der Waals surface area contributed by atoms with Crippen molar-refractivity contribution in [3.63, 3.8) is 0 Å². The number of halogens is 1. The molecule has 0 aliphatic rings. The molecule has 0 bridgehead atoms. The van der Waals surface area contributed by atoms with E-state index in [-0.39, 0.29) is 11.5 Å². The molecule has 0 spiro atoms. The van der Waals surface area contributed by atoms with Gasteiger partial charge in [-0.3, -0.25) is 14.2 Å². The third-order valence-corrected chi connectivity index (χ3v) is 7.36. The van der Waals surface area contributed by atoms with E-state index in [0.29, 0.717) is 56.4 Å². The summed E-state index contributed by atoms with van der Waals surface area (Å²) in [4.78, 5) is 34.6. The zero-order valence-corrected chi connectivity index (χ0v) is 23.9. The van der Waals surface area contributed by atoms with Gasteiger partial charge in [-0.2, -0.15) is 0 Å². The van der Waals surface area contributed by atoms with Crippen molar-refractivity contribution in [1.82, 2.24) is 14.5 Å². The zero-order chi connectivity index (χ0) is 27.4. The van der Waals surface area contributed by atoms with Gasteiger partial charge in [0, 0.05) is 24.2 Å². The summed E-state index contributed by atoms with van der Waals surface area (Å²) in [7, 11) is 3.12. The average Bonchev–Trinajstić information content (AvgIpc) is 2.93. The Bertz CT molecular complexity index is 1500. The number of methoxy groups -OCH3 is 2. The molecule has 0 saturated carbocycles. The minimum absolute atomic E-state index is 0.116. The van der Waals surface area contributed by atoms with Crippen molar-refractivity contribution in [1.29, 1.82) is 0 Å². The average molecular weight is 579 g/mol. The maximum atomic E-state index is 14.1. The SMILES string of the molecule is COc1cc(OC)c(Br)c(-n2c(C(C)N(CCC(C)C)C(=O)c3ccccc3)nc3ccccc3c2=O)c1. The third-order valence-electron chi connectivity index (χ3n) is 6.56. The number of carbonyl (C=O) groups is 1. The molecule has 3 aromatic carbocycles. The molecule has 4 rings (SSSR count). The standard InChI is InChI=1S/C30H32BrN3O4/c1-19(2)15-16-33(29(35)21-11-7-6-8-12-21)20(3)28-32-24-14-10-9-13-23(24)30(36)34(28)25-17-22(37-4)18-26(38-5)27(25)31/h6-14,17-20H,15-16H2,1-5H3. The van der Waals surface area contributed by atoms with Gasteiger partial charge in [0.2, 0.25) is 0 Å². The molecule has 4 aromatic rings. The van der Waals surface area contributed by atoms with Crippen LogP contribution in [0.1, 0.15) is 49.4 Å². The maximum absolute atomic E-state index is 14.1. The molecule has 0 aliphatic carbocycles. The van der Waals surface area contributed by atoms with Gasteiger partial charge in [0.1, 0.15) is 17.3 Å². The molecule has 8 heteroatoms. The number of hydrogen-bond acceptors (Lipinski definition) is 5. The van der Waals surface area contributed by atoms with Crippen LogP contribution in [0, 0.1) is 5.92 Å². The summed E-state index contributed by atoms with van der Waals surface area (Å²) in [6.45, 7) is 6.68. The van der Waals surface area contributed by atoms with E-state index in [1.54, 1.807) is 41.9 Å². The lowest BCUT2D eigenvalue weighted by atomic mass is 10.1. The van der Waals surface area contributed by atoms with Crippen LogP contribution in [-0.4, -0.2) is 41.1 Å². The van der Waals surface area contributed by atoms with Crippen LogP contribution in [0.4, 0.5) is 0 Å². The Morgan fingerprint density at radius 2 is 1.68 bits per heavy atom. The fraction of sp³-hybridized carbons (Fsp3) is 0.300. The normalized spacial score (nSPS) is 12.0. The summed E-state index contributed by atoms with van der Waals surface area (Å²) in [6, 6.07) is 19.4. The van der Waals surface area contributed by atoms with Gasteiger partial charge in [0.15, 0.2) is 0 Å². The predicted octanol–water partition coefficient (Wildman–Crippen LogP) is 6.41. The third kappa shape index (κ3) is 5.45. The molecule has 1 unspecified atom stereocenters. The number of nitrogens with zero attached hydrogens (tertiary/aromatic N) is 3. The maximum Gasteiger partial charge on any atom is 0.266 e. The van der Waals surface area contributed by atoms with Crippen LogP contribution in [0.2, 0.25) is 0 Å². The lowest BCUT2D eigenvalue weighted by Crippen LogP contribution is -2.38. The Kier molecular flexibility index (Phi) is 8.52. The molecule has 7 nitrogen and oxygen atoms in total. The summed E-state index contributed by atoms with van der Waals surface area (Å²) in [5, 5.41) is 0.472. The number of hydrogen-bond donors (Lipinski definition) is 0. The van der Waals surface area contributed by atoms with Crippen molar-refractivity contribution < 1.29 is 14.3 Å². The van der Waals surface area contributed by atoms with Crippen LogP contribution in [0.25, 0.3) is 16.6 Å². The van der Waals surface area contributed by atoms with Gasteiger partial charge in [0.05, 0.1) is 41.3 Å². The van der Waals surface area contributed by atoms with Crippen LogP contribution in [0.3, 0.4) is 0 Å². The summed E-state index contributed by atoms with van der Waals surface area (Å²) in [6.07, 6.45) is 0.803. The number of amides is 1. The number of carbonyl (C=O) groups excluding carboxylic acids is 1. The van der Waals surface area contributed by atoms with E-state index in [0.717, 1.165) is 6.42 Å². The number of aromatic nitrogens is 2. The quantitative estimate of drug-likeness (QED) is 0.229. The van der Waals surface area contributed by atoms with Crippen LogP contribution in [0.15, 0.2) is 76.0 Å². The summed E-state index contributed by atoms with van der Waals surface area (Å²) >= 11 is 3.63. The van der Waals surface area contributed by atoms with Gasteiger partial charge in [-0.15, -0.1) is 0 Å². The molecule has 0 aliphatic heterocycles. The van der Waals surface area contributed by atoms with Crippen LogP contribution < -0.4 is 15.0 Å². The van der Waals surface area contributed by atoms with Crippen molar-refractivity contribution in [2.75, 3.05) is 20.8 Å². The first-order chi connectivity index (χ1) is 18.3. The van der Waals surface area contributed by atoms with Gasteiger partial charge in [0.25, 0.3) is 11.5 Å². The van der Waals surface area contributed by atoms with Crippen LogP contribution in [-0.2, 0) is 0 Å². The Labute approximate surface area is 231 Å². The number of rotatable bonds is 9. The van der Waals surface area contributed by atoms with Crippen LogP contribution >= 0.6 is 15.9 Å². The highest BCUT2D eigenvalue weighted by Crippen LogP contribution is 2.37. The second-order valence-electron chi connectivity index (χ2n) is 9.51. The minimum atomic E-state index is -0.525. The first-order valence-corrected chi connectivity index (χ1v) is 13.4. The van der Waals surface area contributed by atoms with Gasteiger partial charge in [-0.25, -0.2) is 4.98 Å². The highest BCUT2D eigenvalue weighted by atomic mass is 79.9. The predicted molar refractivity (Wildman–Crippen MR) is 153 cm³/mol. The monoisotopic (exact) mass is 577 g/mol. The van der Waals surface area contributed by atoms with E-state index < -0.39 is 6.04 Å². The molecule has 1 amide bonds. The smallest absolute Gasteiger partial charge is 0.266 e. The van der Waals surface area contributed by atoms with Crippen molar-refractivity contribution >= 4 is 32.7 Å². The molecule has 38 heavy (non-hydrogen) atoms. The van der Waals surface area contributed by atoms with Crippen molar-refractivity contribution in [2.45, 2.75) is 33.2 Å². The van der Waals surface area contributed by atoms with E-state index in [4.69, 9.17) is 14.5 Å². The van der Waals surface area contributed by atoms with Crippen molar-refractivity contribution in [3.05, 3.63) is 92.9 Å². The summed E-state index contributed by atoms with van der Waals surface area (Å²) in [5.41, 5.74) is 1.42. The highest BCUT2D eigenvalue weighted by Gasteiger charge is 2.29. The summed E-state index contributed by atoms with van der Waals surface area (Å²) < 4.78 is 13.2. The molecule has 1 atom stereocenters. The zero-order valence-electron chi connectivity index (χ0n) is 22.3. The van der Waals surface area contributed by atoms with E-state index in [2.05, 4.69) is 29.8 Å². The van der Waals surface area contributed by atoms with E-state index in [1.165, 1.54) is 0 Å². The fourth-order valence-electron chi connectivity index (χ4n) is 4.40. The first kappa shape index (κ1) is 27.4. The Morgan fingerprint density at radius 1 is 1.00 bits per heavy atom. The van der Waals surface area contributed by atoms with Gasteiger partial charge < -0.3 is 14.4 Å². The largest absolute Gasteiger partial charge is 0.497 e. The number of ether oxygens (including phenoxy) is 2. The Morgan fingerprint density at radius 3 is 2.34 bits per heavy atom. The second kappa shape index (κ2) is 11.8. The number of benzene rings is 3. The van der Waals surface area contributed by atoms with E-state index in [9.17, 15) is 9.59 Å². The highest BCUT2D eigenvalue weighted by molar-refractivity contribution is 9.10. The lowest BCUT2D eigenvalue weighted by molar-refractivity contribution is 0.0671. The van der Waals surface area contributed by atoms with E-state index in [1.807, 2.05) is 55.5 Å². The molecule has 1 heterocycles. The number of para-hydroxylation sites is 1. The van der Waals surface area contributed by atoms with Gasteiger partial charge in [-0.1, -0.05) is 44.2 Å². The Hall–Kier alpha value is -3.65. The van der Waals surface area contributed by atoms with Crippen LogP contribution in [0.5, 0.6) is 11.5 Å². The molecule has 0 N–H and O–H groups in total. The molecule has 1 aromatic heterocycles. The second-order valence-corrected chi connectivity index (χ2v) is 10.3. The Balaban J connectivity index is 1.98. The summed E-state index contributed by atoms with van der Waals surface area (Å²) in [5.74, 6) is 1.75. The topological polar surface area (TPSA) is 73.7 Å². The molecular formula is C30H32BrN3O4. The minimum Gasteiger partial charge on any atom is -0.497 e. The van der Waals surface area contributed by atoms with Gasteiger partial charge in [-0.05, 0) is 59.5 Å². The molecular weight excluding hydrogens is 546 g/mol. The number of fused-ring (bicyclic) bond motifs is 1. The first-order valence-electron chi connectivity index (χ1n) is 12.6. The van der Waals surface area contributed by atoms with E-state index >= 15 is 0 Å². The molecule has 0 fully saturated rings.